The number of oxazole rings is 1. The number of likely N-dealkylation sites (tertiary alicyclic amines) is 1. The first-order valence-electron chi connectivity index (χ1n) is 11.7. The van der Waals surface area contributed by atoms with Crippen LogP contribution in [0.15, 0.2) is 71.3 Å². The van der Waals surface area contributed by atoms with E-state index in [0.717, 1.165) is 0 Å². The Morgan fingerprint density at radius 3 is 2.06 bits per heavy atom. The van der Waals surface area contributed by atoms with Gasteiger partial charge in [-0.25, -0.2) is 0 Å². The van der Waals surface area contributed by atoms with E-state index >= 15 is 0 Å². The highest BCUT2D eigenvalue weighted by Gasteiger charge is 2.53. The zero-order valence-corrected chi connectivity index (χ0v) is 20.8. The molecule has 2 aliphatic rings. The summed E-state index contributed by atoms with van der Waals surface area (Å²) in [6.07, 6.45) is 0.992. The van der Waals surface area contributed by atoms with Crippen LogP contribution >= 0.6 is 0 Å². The Morgan fingerprint density at radius 1 is 1.00 bits per heavy atom. The summed E-state index contributed by atoms with van der Waals surface area (Å²) in [4.78, 5) is 20.9. The molecule has 0 aliphatic carbocycles. The summed E-state index contributed by atoms with van der Waals surface area (Å²) in [6, 6.07) is 21.5. The van der Waals surface area contributed by atoms with Crippen molar-refractivity contribution in [1.82, 2.24) is 9.88 Å². The van der Waals surface area contributed by atoms with Crippen molar-refractivity contribution in [3.8, 4) is 0 Å². The van der Waals surface area contributed by atoms with Crippen molar-refractivity contribution in [1.29, 1.82) is 0 Å². The van der Waals surface area contributed by atoms with Crippen LogP contribution in [0.25, 0.3) is 0 Å². The second-order valence-electron chi connectivity index (χ2n) is 10.2. The quantitative estimate of drug-likeness (QED) is 0.549. The van der Waals surface area contributed by atoms with Crippen LogP contribution < -0.4 is 15.3 Å². The molecule has 1 N–H and O–H groups in total. The maximum Gasteiger partial charge on any atom is 0.298 e. The maximum absolute atomic E-state index is 13.0. The number of anilines is 1. The van der Waals surface area contributed by atoms with E-state index < -0.39 is 8.32 Å². The Labute approximate surface area is 201 Å². The van der Waals surface area contributed by atoms with E-state index in [-0.39, 0.29) is 23.2 Å². The molecule has 2 saturated heterocycles. The van der Waals surface area contributed by atoms with Crippen molar-refractivity contribution in [3.05, 3.63) is 72.6 Å². The number of benzene rings is 2. The fourth-order valence-electron chi connectivity index (χ4n) is 4.90. The summed E-state index contributed by atoms with van der Waals surface area (Å²) < 4.78 is 12.5. The second-order valence-corrected chi connectivity index (χ2v) is 14.4. The number of hydrogen-bond donors (Lipinski definition) is 1. The molecule has 0 spiro atoms. The van der Waals surface area contributed by atoms with Gasteiger partial charge in [0.15, 0.2) is 5.69 Å². The van der Waals surface area contributed by atoms with Crippen LogP contribution in [0.3, 0.4) is 0 Å². The number of aliphatic hydroxyl groups excluding tert-OH is 1. The van der Waals surface area contributed by atoms with Gasteiger partial charge in [-0.2, -0.15) is 4.98 Å². The predicted octanol–water partition coefficient (Wildman–Crippen LogP) is 2.26. The van der Waals surface area contributed by atoms with E-state index in [2.05, 4.69) is 74.3 Å². The normalized spacial score (nSPS) is 17.4. The Morgan fingerprint density at radius 2 is 1.56 bits per heavy atom. The molecular weight excluding hydrogens is 446 g/mol. The van der Waals surface area contributed by atoms with Gasteiger partial charge in [-0.15, -0.1) is 0 Å². The number of aromatic nitrogens is 1. The third kappa shape index (κ3) is 3.95. The van der Waals surface area contributed by atoms with Crippen LogP contribution in [0.1, 0.15) is 31.3 Å². The fourth-order valence-corrected chi connectivity index (χ4v) is 9.56. The highest BCUT2D eigenvalue weighted by molar-refractivity contribution is 6.99. The van der Waals surface area contributed by atoms with Gasteiger partial charge in [0, 0.05) is 13.1 Å². The minimum atomic E-state index is -2.64. The predicted molar refractivity (Wildman–Crippen MR) is 133 cm³/mol. The summed E-state index contributed by atoms with van der Waals surface area (Å²) in [5, 5.41) is 11.8. The number of carbonyl (C=O) groups is 1. The number of rotatable bonds is 6. The van der Waals surface area contributed by atoms with Crippen LogP contribution in [0, 0.1) is 0 Å². The highest BCUT2D eigenvalue weighted by Crippen LogP contribution is 2.38. The topological polar surface area (TPSA) is 79.0 Å². The monoisotopic (exact) mass is 477 g/mol. The summed E-state index contributed by atoms with van der Waals surface area (Å²) in [7, 11) is -2.64. The van der Waals surface area contributed by atoms with Gasteiger partial charge in [-0.05, 0) is 15.4 Å². The largest absolute Gasteiger partial charge is 0.431 e. The average molecular weight is 478 g/mol. The van der Waals surface area contributed by atoms with Crippen molar-refractivity contribution >= 4 is 30.6 Å². The lowest BCUT2D eigenvalue weighted by Crippen LogP contribution is -2.71. The van der Waals surface area contributed by atoms with Crippen molar-refractivity contribution in [2.24, 2.45) is 0 Å². The molecule has 1 aromatic heterocycles. The number of amides is 1. The Balaban J connectivity index is 1.34. The van der Waals surface area contributed by atoms with Gasteiger partial charge in [0.1, 0.15) is 6.26 Å². The van der Waals surface area contributed by atoms with E-state index in [4.69, 9.17) is 8.84 Å². The van der Waals surface area contributed by atoms with Crippen LogP contribution in [0.2, 0.25) is 5.04 Å². The number of nitrogens with zero attached hydrogens (tertiary/aromatic N) is 3. The Kier molecular flexibility index (Phi) is 5.83. The molecule has 178 valence electrons. The number of aliphatic hydroxyl groups is 1. The van der Waals surface area contributed by atoms with E-state index in [1.165, 1.54) is 16.6 Å². The molecular formula is C26H31N3O4Si. The minimum absolute atomic E-state index is 0.0489. The highest BCUT2D eigenvalue weighted by atomic mass is 28.4. The molecule has 34 heavy (non-hydrogen) atoms. The van der Waals surface area contributed by atoms with Gasteiger partial charge in [-0.1, -0.05) is 81.4 Å². The van der Waals surface area contributed by atoms with Gasteiger partial charge in [0.2, 0.25) is 0 Å². The first kappa shape index (κ1) is 22.8. The van der Waals surface area contributed by atoms with Gasteiger partial charge in [0.05, 0.1) is 25.3 Å². The SMILES string of the molecule is CC(C)(C)[Si](OC1CN(C(=O)c2coc(N3CC(O)C3)n2)C1)(c1ccccc1)c1ccccc1. The standard InChI is InChI=1S/C26H31N3O4Si/c1-26(2,3)34(21-10-6-4-7-11-21,22-12-8-5-9-13-22)33-20-16-28(17-20)24(31)23-18-32-25(27-23)29-14-19(30)15-29/h4-13,18-20,30H,14-17H2,1-3H3. The molecule has 0 radical (unpaired) electrons. The van der Waals surface area contributed by atoms with Gasteiger partial charge in [-0.3, -0.25) is 4.79 Å². The molecule has 8 heteroatoms. The Hall–Kier alpha value is -2.94. The van der Waals surface area contributed by atoms with E-state index in [0.29, 0.717) is 37.9 Å². The van der Waals surface area contributed by atoms with Crippen LogP contribution in [-0.4, -0.2) is 67.6 Å². The molecule has 0 bridgehead atoms. The van der Waals surface area contributed by atoms with Gasteiger partial charge in [0.25, 0.3) is 20.2 Å². The molecule has 7 nitrogen and oxygen atoms in total. The first-order valence-corrected chi connectivity index (χ1v) is 13.7. The van der Waals surface area contributed by atoms with Crippen molar-refractivity contribution in [3.63, 3.8) is 0 Å². The fraction of sp³-hybridized carbons (Fsp3) is 0.385. The molecule has 0 saturated carbocycles. The maximum atomic E-state index is 13.0. The molecule has 2 aliphatic heterocycles. The number of carbonyl (C=O) groups excluding carboxylic acids is 1. The second kappa shape index (κ2) is 8.68. The van der Waals surface area contributed by atoms with Crippen LogP contribution in [0.4, 0.5) is 6.01 Å². The molecule has 2 fully saturated rings. The van der Waals surface area contributed by atoms with Crippen LogP contribution in [0.5, 0.6) is 0 Å². The lowest BCUT2D eigenvalue weighted by atomic mass is 10.1. The van der Waals surface area contributed by atoms with Gasteiger partial charge >= 0.3 is 0 Å². The third-order valence-electron chi connectivity index (χ3n) is 6.74. The van der Waals surface area contributed by atoms with Crippen molar-refractivity contribution in [2.75, 3.05) is 31.1 Å². The smallest absolute Gasteiger partial charge is 0.298 e. The number of hydrogen-bond acceptors (Lipinski definition) is 6. The minimum Gasteiger partial charge on any atom is -0.431 e. The summed E-state index contributed by atoms with van der Waals surface area (Å²) in [6.45, 7) is 8.76. The van der Waals surface area contributed by atoms with E-state index in [1.807, 2.05) is 17.0 Å². The molecule has 2 aromatic carbocycles. The zero-order valence-electron chi connectivity index (χ0n) is 19.8. The molecule has 0 unspecified atom stereocenters. The first-order chi connectivity index (χ1) is 16.3. The summed E-state index contributed by atoms with van der Waals surface area (Å²) in [5.74, 6) is -0.154. The van der Waals surface area contributed by atoms with E-state index in [9.17, 15) is 9.90 Å². The lowest BCUT2D eigenvalue weighted by molar-refractivity contribution is 0.0131. The third-order valence-corrected chi connectivity index (χ3v) is 11.8. The van der Waals surface area contributed by atoms with Crippen molar-refractivity contribution in [2.45, 2.75) is 38.0 Å². The zero-order chi connectivity index (χ0) is 23.9. The van der Waals surface area contributed by atoms with E-state index in [1.54, 1.807) is 4.90 Å². The summed E-state index contributed by atoms with van der Waals surface area (Å²) in [5.41, 5.74) is 0.292. The van der Waals surface area contributed by atoms with Gasteiger partial charge < -0.3 is 23.7 Å². The molecule has 1 amide bonds. The molecule has 0 atom stereocenters. The molecule has 5 rings (SSSR count). The lowest BCUT2D eigenvalue weighted by Gasteiger charge is -2.49. The molecule has 3 heterocycles. The van der Waals surface area contributed by atoms with Crippen molar-refractivity contribution < 1.29 is 18.7 Å². The molecule has 3 aromatic rings. The average Bonchev–Trinajstić information content (AvgIpc) is 3.26. The van der Waals surface area contributed by atoms with Crippen LogP contribution in [-0.2, 0) is 4.43 Å². The number of β-amino-alcohol motifs (C(OH)–C–C–N with tert-alkyl or cyclic N) is 1. The summed E-state index contributed by atoms with van der Waals surface area (Å²) >= 11 is 0. The Bertz CT molecular complexity index is 1090.